The molecular formula is C9H15NO3S2. The monoisotopic (exact) mass is 249 g/mol. The van der Waals surface area contributed by atoms with Crippen molar-refractivity contribution in [3.05, 3.63) is 0 Å². The minimum absolute atomic E-state index is 0.0393. The van der Waals surface area contributed by atoms with Gasteiger partial charge in [-0.15, -0.1) is 0 Å². The van der Waals surface area contributed by atoms with E-state index in [0.29, 0.717) is 12.3 Å². The van der Waals surface area contributed by atoms with Gasteiger partial charge in [0.25, 0.3) is 15.9 Å². The van der Waals surface area contributed by atoms with Crippen LogP contribution in [-0.2, 0) is 14.8 Å². The zero-order valence-corrected chi connectivity index (χ0v) is 10.6. The Kier molecular flexibility index (Phi) is 2.19. The van der Waals surface area contributed by atoms with Crippen molar-refractivity contribution in [1.82, 2.24) is 4.31 Å². The second-order valence-electron chi connectivity index (χ2n) is 4.99. The van der Waals surface area contributed by atoms with Crippen molar-refractivity contribution in [2.24, 2.45) is 5.41 Å². The molecule has 4 nitrogen and oxygen atoms in total. The number of hydrogen-bond acceptors (Lipinski definition) is 4. The molecule has 2 rings (SSSR count). The van der Waals surface area contributed by atoms with Crippen molar-refractivity contribution >= 4 is 28.6 Å². The number of hydrogen-bond donors (Lipinski definition) is 1. The lowest BCUT2D eigenvalue weighted by Crippen LogP contribution is -2.68. The summed E-state index contributed by atoms with van der Waals surface area (Å²) in [5.74, 6) is 0.364. The van der Waals surface area contributed by atoms with Gasteiger partial charge in [-0.1, -0.05) is 0 Å². The first-order valence-electron chi connectivity index (χ1n) is 4.94. The summed E-state index contributed by atoms with van der Waals surface area (Å²) in [5, 5.41) is 0. The molecule has 1 heterocycles. The second-order valence-corrected chi connectivity index (χ2v) is 7.71. The number of sulfonamides is 1. The molecule has 0 N–H and O–H groups in total. The predicted molar refractivity (Wildman–Crippen MR) is 60.2 cm³/mol. The minimum Gasteiger partial charge on any atom is -0.272 e. The third kappa shape index (κ3) is 1.34. The van der Waals surface area contributed by atoms with Crippen LogP contribution in [0.1, 0.15) is 26.7 Å². The van der Waals surface area contributed by atoms with Crippen LogP contribution in [0, 0.1) is 5.41 Å². The van der Waals surface area contributed by atoms with Crippen molar-refractivity contribution in [2.75, 3.05) is 12.3 Å². The molecule has 0 bridgehead atoms. The van der Waals surface area contributed by atoms with Crippen LogP contribution in [0.5, 0.6) is 0 Å². The lowest BCUT2D eigenvalue weighted by Gasteiger charge is -2.44. The van der Waals surface area contributed by atoms with Crippen LogP contribution in [0.3, 0.4) is 0 Å². The molecule has 0 aromatic rings. The fourth-order valence-electron chi connectivity index (χ4n) is 1.76. The molecule has 0 radical (unpaired) electrons. The van der Waals surface area contributed by atoms with Crippen molar-refractivity contribution in [3.63, 3.8) is 0 Å². The summed E-state index contributed by atoms with van der Waals surface area (Å²) in [4.78, 5) is 11.6. The third-order valence-electron chi connectivity index (χ3n) is 3.45. The number of carbonyl (C=O) groups is 1. The van der Waals surface area contributed by atoms with Crippen LogP contribution in [0.25, 0.3) is 0 Å². The maximum atomic E-state index is 11.8. The van der Waals surface area contributed by atoms with Crippen LogP contribution in [-0.4, -0.2) is 35.7 Å². The Bertz CT molecular complexity index is 409. The van der Waals surface area contributed by atoms with Crippen LogP contribution in [0.2, 0.25) is 0 Å². The SMILES string of the molecule is CC1(C)C(=O)N(CC2(CS)CC2)S1(=O)=O. The van der Waals surface area contributed by atoms with E-state index in [1.54, 1.807) is 0 Å². The highest BCUT2D eigenvalue weighted by Gasteiger charge is 2.62. The molecule has 2 fully saturated rings. The maximum absolute atomic E-state index is 11.8. The Morgan fingerprint density at radius 3 is 2.27 bits per heavy atom. The Morgan fingerprint density at radius 2 is 1.93 bits per heavy atom. The van der Waals surface area contributed by atoms with Gasteiger partial charge in [0.15, 0.2) is 4.75 Å². The van der Waals surface area contributed by atoms with Crippen LogP contribution < -0.4 is 0 Å². The second kappa shape index (κ2) is 2.91. The average Bonchev–Trinajstić information content (AvgIpc) is 2.93. The van der Waals surface area contributed by atoms with Crippen molar-refractivity contribution in [3.8, 4) is 0 Å². The van der Waals surface area contributed by atoms with Gasteiger partial charge in [0.1, 0.15) is 0 Å². The highest BCUT2D eigenvalue weighted by molar-refractivity contribution is 7.94. The van der Waals surface area contributed by atoms with Gasteiger partial charge in [0, 0.05) is 6.54 Å². The molecule has 15 heavy (non-hydrogen) atoms. The molecule has 1 saturated carbocycles. The van der Waals surface area contributed by atoms with E-state index in [0.717, 1.165) is 17.1 Å². The number of rotatable bonds is 3. The summed E-state index contributed by atoms with van der Waals surface area (Å²) in [6, 6.07) is 0. The molecule has 86 valence electrons. The first-order valence-corrected chi connectivity index (χ1v) is 7.02. The van der Waals surface area contributed by atoms with E-state index in [1.165, 1.54) is 13.8 Å². The zero-order valence-electron chi connectivity index (χ0n) is 8.86. The smallest absolute Gasteiger partial charge is 0.258 e. The third-order valence-corrected chi connectivity index (χ3v) is 6.46. The lowest BCUT2D eigenvalue weighted by molar-refractivity contribution is -0.132. The van der Waals surface area contributed by atoms with Crippen LogP contribution in [0.15, 0.2) is 0 Å². The van der Waals surface area contributed by atoms with Crippen LogP contribution in [0.4, 0.5) is 0 Å². The molecule has 1 aliphatic carbocycles. The molecule has 0 spiro atoms. The summed E-state index contributed by atoms with van der Waals surface area (Å²) in [5.41, 5.74) is -0.0393. The highest BCUT2D eigenvalue weighted by atomic mass is 32.2. The molecule has 6 heteroatoms. The highest BCUT2D eigenvalue weighted by Crippen LogP contribution is 2.50. The van der Waals surface area contributed by atoms with Crippen LogP contribution >= 0.6 is 12.6 Å². The molecule has 0 atom stereocenters. The van der Waals surface area contributed by atoms with Gasteiger partial charge in [-0.05, 0) is 37.9 Å². The summed E-state index contributed by atoms with van der Waals surface area (Å²) in [6.07, 6.45) is 1.94. The van der Waals surface area contributed by atoms with Gasteiger partial charge < -0.3 is 0 Å². The Morgan fingerprint density at radius 1 is 1.40 bits per heavy atom. The topological polar surface area (TPSA) is 54.5 Å². The quantitative estimate of drug-likeness (QED) is 0.747. The zero-order chi connectivity index (χ0) is 11.5. The molecule has 0 aromatic heterocycles. The largest absolute Gasteiger partial charge is 0.272 e. The number of amides is 1. The molecule has 1 saturated heterocycles. The van der Waals surface area contributed by atoms with Gasteiger partial charge in [0.2, 0.25) is 0 Å². The van der Waals surface area contributed by atoms with E-state index in [9.17, 15) is 13.2 Å². The number of carbonyl (C=O) groups excluding carboxylic acids is 1. The van der Waals surface area contributed by atoms with Gasteiger partial charge in [-0.2, -0.15) is 12.6 Å². The van der Waals surface area contributed by atoms with E-state index in [-0.39, 0.29) is 11.3 Å². The summed E-state index contributed by atoms with van der Waals surface area (Å²) in [6.45, 7) is 3.24. The van der Waals surface area contributed by atoms with Gasteiger partial charge >= 0.3 is 0 Å². The van der Waals surface area contributed by atoms with E-state index < -0.39 is 14.8 Å². The fraction of sp³-hybridized carbons (Fsp3) is 0.889. The summed E-state index contributed by atoms with van der Waals surface area (Å²) < 4.78 is 23.4. The molecule has 1 aliphatic heterocycles. The molecular weight excluding hydrogens is 234 g/mol. The molecule has 1 amide bonds. The van der Waals surface area contributed by atoms with Gasteiger partial charge in [-0.25, -0.2) is 12.7 Å². The normalized spacial score (nSPS) is 29.8. The maximum Gasteiger partial charge on any atom is 0.258 e. The first kappa shape index (κ1) is 11.3. The molecule has 0 unspecified atom stereocenters. The average molecular weight is 249 g/mol. The summed E-state index contributed by atoms with van der Waals surface area (Å²) in [7, 11) is -3.40. The van der Waals surface area contributed by atoms with Crippen molar-refractivity contribution in [1.29, 1.82) is 0 Å². The molecule has 0 aromatic carbocycles. The van der Waals surface area contributed by atoms with E-state index in [1.807, 2.05) is 0 Å². The van der Waals surface area contributed by atoms with E-state index in [2.05, 4.69) is 12.6 Å². The Balaban J connectivity index is 2.17. The lowest BCUT2D eigenvalue weighted by atomic mass is 10.1. The van der Waals surface area contributed by atoms with E-state index in [4.69, 9.17) is 0 Å². The standard InChI is InChI=1S/C9H15NO3S2/c1-8(2)7(11)10(15(8,12)13)5-9(6-14)3-4-9/h14H,3-6H2,1-2H3. The predicted octanol–water partition coefficient (Wildman–Crippen LogP) is 0.647. The van der Waals surface area contributed by atoms with E-state index >= 15 is 0 Å². The summed E-state index contributed by atoms with van der Waals surface area (Å²) >= 11 is 4.20. The van der Waals surface area contributed by atoms with Gasteiger partial charge in [-0.3, -0.25) is 4.79 Å². The number of thiol groups is 1. The Hall–Kier alpha value is -0.230. The minimum atomic E-state index is -3.40. The van der Waals surface area contributed by atoms with Crippen molar-refractivity contribution < 1.29 is 13.2 Å². The fourth-order valence-corrected chi connectivity index (χ4v) is 3.82. The first-order chi connectivity index (χ1) is 6.77. The van der Waals surface area contributed by atoms with Crippen molar-refractivity contribution in [2.45, 2.75) is 31.4 Å². The van der Waals surface area contributed by atoms with Gasteiger partial charge in [0.05, 0.1) is 0 Å². The molecule has 2 aliphatic rings. The Labute approximate surface area is 95.5 Å². The number of nitrogens with zero attached hydrogens (tertiary/aromatic N) is 1.